The molecule has 2 N–H and O–H groups in total. The summed E-state index contributed by atoms with van der Waals surface area (Å²) in [7, 11) is 0. The number of aromatic nitrogens is 1. The molecule has 0 amide bonds. The van der Waals surface area contributed by atoms with Gasteiger partial charge in [0, 0.05) is 18.8 Å². The Balaban J connectivity index is 2.88. The molecule has 0 saturated carbocycles. The molecular formula is C14H25N3O. The summed E-state index contributed by atoms with van der Waals surface area (Å²) in [5.74, 6) is 1.79. The van der Waals surface area contributed by atoms with Crippen LogP contribution in [0.1, 0.15) is 33.6 Å². The largest absolute Gasteiger partial charge is 0.490 e. The molecule has 0 saturated heterocycles. The quantitative estimate of drug-likeness (QED) is 0.771. The van der Waals surface area contributed by atoms with Crippen LogP contribution in [0.15, 0.2) is 18.3 Å². The van der Waals surface area contributed by atoms with Crippen LogP contribution in [0.25, 0.3) is 0 Å². The zero-order valence-corrected chi connectivity index (χ0v) is 11.7. The van der Waals surface area contributed by atoms with E-state index in [0.717, 1.165) is 37.6 Å². The Labute approximate surface area is 110 Å². The maximum absolute atomic E-state index is 5.76. The van der Waals surface area contributed by atoms with Gasteiger partial charge in [-0.1, -0.05) is 6.92 Å². The SMILES string of the molecule is CCCOc1cccnc1N(CCCN)C(C)C. The van der Waals surface area contributed by atoms with Crippen LogP contribution >= 0.6 is 0 Å². The molecule has 0 spiro atoms. The minimum atomic E-state index is 0.385. The van der Waals surface area contributed by atoms with Gasteiger partial charge in [-0.05, 0) is 45.4 Å². The topological polar surface area (TPSA) is 51.4 Å². The molecule has 0 aliphatic heterocycles. The lowest BCUT2D eigenvalue weighted by Gasteiger charge is -2.29. The Morgan fingerprint density at radius 1 is 1.44 bits per heavy atom. The number of hydrogen-bond acceptors (Lipinski definition) is 4. The maximum Gasteiger partial charge on any atom is 0.171 e. The van der Waals surface area contributed by atoms with Crippen molar-refractivity contribution in [3.8, 4) is 5.75 Å². The molecule has 1 heterocycles. The van der Waals surface area contributed by atoms with Gasteiger partial charge in [0.25, 0.3) is 0 Å². The van der Waals surface area contributed by atoms with E-state index in [1.165, 1.54) is 0 Å². The summed E-state index contributed by atoms with van der Waals surface area (Å²) >= 11 is 0. The van der Waals surface area contributed by atoms with Crippen LogP contribution < -0.4 is 15.4 Å². The van der Waals surface area contributed by atoms with E-state index in [-0.39, 0.29) is 0 Å². The van der Waals surface area contributed by atoms with Crippen LogP contribution in [0, 0.1) is 0 Å². The molecule has 18 heavy (non-hydrogen) atoms. The minimum absolute atomic E-state index is 0.385. The van der Waals surface area contributed by atoms with Crippen molar-refractivity contribution in [1.29, 1.82) is 0 Å². The van der Waals surface area contributed by atoms with Crippen LogP contribution in [0.4, 0.5) is 5.82 Å². The molecular weight excluding hydrogens is 226 g/mol. The highest BCUT2D eigenvalue weighted by Crippen LogP contribution is 2.27. The maximum atomic E-state index is 5.76. The molecule has 0 atom stereocenters. The number of anilines is 1. The summed E-state index contributed by atoms with van der Waals surface area (Å²) in [4.78, 5) is 6.71. The Morgan fingerprint density at radius 3 is 2.83 bits per heavy atom. The van der Waals surface area contributed by atoms with Gasteiger partial charge >= 0.3 is 0 Å². The van der Waals surface area contributed by atoms with E-state index in [9.17, 15) is 0 Å². The summed E-state index contributed by atoms with van der Waals surface area (Å²) in [5.41, 5.74) is 5.59. The number of ether oxygens (including phenoxy) is 1. The van der Waals surface area contributed by atoms with Gasteiger partial charge < -0.3 is 15.4 Å². The van der Waals surface area contributed by atoms with Gasteiger partial charge in [0.05, 0.1) is 6.61 Å². The minimum Gasteiger partial charge on any atom is -0.490 e. The van der Waals surface area contributed by atoms with E-state index in [4.69, 9.17) is 10.5 Å². The lowest BCUT2D eigenvalue weighted by molar-refractivity contribution is 0.316. The van der Waals surface area contributed by atoms with Gasteiger partial charge in [0.2, 0.25) is 0 Å². The molecule has 0 bridgehead atoms. The third-order valence-electron chi connectivity index (χ3n) is 2.71. The van der Waals surface area contributed by atoms with Gasteiger partial charge in [-0.25, -0.2) is 4.98 Å². The van der Waals surface area contributed by atoms with E-state index in [0.29, 0.717) is 12.6 Å². The fraction of sp³-hybridized carbons (Fsp3) is 0.643. The average molecular weight is 251 g/mol. The summed E-state index contributed by atoms with van der Waals surface area (Å²) in [5, 5.41) is 0. The molecule has 4 heteroatoms. The molecule has 0 fully saturated rings. The third kappa shape index (κ3) is 4.18. The van der Waals surface area contributed by atoms with Gasteiger partial charge in [-0.15, -0.1) is 0 Å². The van der Waals surface area contributed by atoms with Crippen molar-refractivity contribution in [1.82, 2.24) is 4.98 Å². The predicted octanol–water partition coefficient (Wildman–Crippen LogP) is 2.43. The molecule has 0 aliphatic carbocycles. The first kappa shape index (κ1) is 14.8. The number of pyridine rings is 1. The predicted molar refractivity (Wildman–Crippen MR) is 76.2 cm³/mol. The van der Waals surface area contributed by atoms with Crippen molar-refractivity contribution in [3.63, 3.8) is 0 Å². The van der Waals surface area contributed by atoms with Crippen LogP contribution in [-0.2, 0) is 0 Å². The van der Waals surface area contributed by atoms with Gasteiger partial charge in [-0.2, -0.15) is 0 Å². The number of hydrogen-bond donors (Lipinski definition) is 1. The van der Waals surface area contributed by atoms with E-state index in [1.807, 2.05) is 18.3 Å². The fourth-order valence-corrected chi connectivity index (χ4v) is 1.79. The van der Waals surface area contributed by atoms with Crippen molar-refractivity contribution in [2.75, 3.05) is 24.6 Å². The number of rotatable bonds is 8. The second-order valence-electron chi connectivity index (χ2n) is 4.60. The Bertz CT molecular complexity index is 342. The van der Waals surface area contributed by atoms with Crippen LogP contribution in [0.2, 0.25) is 0 Å². The van der Waals surface area contributed by atoms with Gasteiger partial charge in [0.1, 0.15) is 0 Å². The van der Waals surface area contributed by atoms with Crippen molar-refractivity contribution in [2.45, 2.75) is 39.7 Å². The average Bonchev–Trinajstić information content (AvgIpc) is 2.37. The first-order valence-corrected chi connectivity index (χ1v) is 6.75. The van der Waals surface area contributed by atoms with Crippen molar-refractivity contribution >= 4 is 5.82 Å². The number of nitrogens with two attached hydrogens (primary N) is 1. The van der Waals surface area contributed by atoms with Crippen LogP contribution in [-0.4, -0.2) is 30.7 Å². The van der Waals surface area contributed by atoms with E-state index in [2.05, 4.69) is 30.7 Å². The Morgan fingerprint density at radius 2 is 2.22 bits per heavy atom. The summed E-state index contributed by atoms with van der Waals surface area (Å²) in [6, 6.07) is 4.28. The lowest BCUT2D eigenvalue weighted by Crippen LogP contribution is -2.33. The Hall–Kier alpha value is -1.29. The molecule has 0 radical (unpaired) electrons. The molecule has 1 aromatic heterocycles. The summed E-state index contributed by atoms with van der Waals surface area (Å²) in [6.07, 6.45) is 3.77. The first-order chi connectivity index (χ1) is 8.70. The Kier molecular flexibility index (Phi) is 6.50. The number of nitrogens with zero attached hydrogens (tertiary/aromatic N) is 2. The van der Waals surface area contributed by atoms with Crippen molar-refractivity contribution in [3.05, 3.63) is 18.3 Å². The normalized spacial score (nSPS) is 10.7. The second-order valence-corrected chi connectivity index (χ2v) is 4.60. The van der Waals surface area contributed by atoms with Crippen LogP contribution in [0.5, 0.6) is 5.75 Å². The summed E-state index contributed by atoms with van der Waals surface area (Å²) < 4.78 is 5.76. The zero-order chi connectivity index (χ0) is 13.4. The smallest absolute Gasteiger partial charge is 0.171 e. The van der Waals surface area contributed by atoms with Crippen LogP contribution in [0.3, 0.4) is 0 Å². The molecule has 1 rings (SSSR count). The van der Waals surface area contributed by atoms with E-state index in [1.54, 1.807) is 0 Å². The van der Waals surface area contributed by atoms with E-state index >= 15 is 0 Å². The molecule has 1 aromatic rings. The highest BCUT2D eigenvalue weighted by molar-refractivity contribution is 5.52. The summed E-state index contributed by atoms with van der Waals surface area (Å²) in [6.45, 7) is 8.75. The third-order valence-corrected chi connectivity index (χ3v) is 2.71. The van der Waals surface area contributed by atoms with E-state index < -0.39 is 0 Å². The van der Waals surface area contributed by atoms with Gasteiger partial charge in [-0.3, -0.25) is 0 Å². The van der Waals surface area contributed by atoms with Crippen molar-refractivity contribution in [2.24, 2.45) is 5.73 Å². The lowest BCUT2D eigenvalue weighted by atomic mass is 10.2. The standard InChI is InChI=1S/C14H25N3O/c1-4-11-18-13-7-5-9-16-14(13)17(12(2)3)10-6-8-15/h5,7,9,12H,4,6,8,10-11,15H2,1-3H3. The molecule has 4 nitrogen and oxygen atoms in total. The molecule has 102 valence electrons. The van der Waals surface area contributed by atoms with Crippen molar-refractivity contribution < 1.29 is 4.74 Å². The first-order valence-electron chi connectivity index (χ1n) is 6.75. The highest BCUT2D eigenvalue weighted by atomic mass is 16.5. The zero-order valence-electron chi connectivity index (χ0n) is 11.7. The van der Waals surface area contributed by atoms with Gasteiger partial charge in [0.15, 0.2) is 11.6 Å². The molecule has 0 aromatic carbocycles. The highest BCUT2D eigenvalue weighted by Gasteiger charge is 2.16. The fourth-order valence-electron chi connectivity index (χ4n) is 1.79. The molecule has 0 unspecified atom stereocenters. The monoisotopic (exact) mass is 251 g/mol. The molecule has 0 aliphatic rings. The second kappa shape index (κ2) is 7.93.